The summed E-state index contributed by atoms with van der Waals surface area (Å²) in [5.74, 6) is 0.988. The van der Waals surface area contributed by atoms with Crippen LogP contribution < -0.4 is 21.1 Å². The molecule has 0 saturated carbocycles. The minimum Gasteiger partial charge on any atom is -0.491 e. The van der Waals surface area contributed by atoms with E-state index in [0.717, 1.165) is 23.4 Å². The van der Waals surface area contributed by atoms with E-state index in [1.807, 2.05) is 44.2 Å². The number of nitrogens with zero attached hydrogens (tertiary/aromatic N) is 1. The molecule has 4 N–H and O–H groups in total. The fraction of sp³-hybridized carbons (Fsp3) is 0.417. The number of hydrogen-bond donors (Lipinski definition) is 3. The quantitative estimate of drug-likeness (QED) is 0.146. The number of carbonyl (C=O) groups is 1. The Hall–Kier alpha value is -2.37. The average molecular weight is 570 g/mol. The number of hydrogen-bond acceptors (Lipinski definition) is 5. The van der Waals surface area contributed by atoms with Gasteiger partial charge < -0.3 is 30.6 Å². The normalized spacial score (nSPS) is 11.1. The van der Waals surface area contributed by atoms with E-state index in [9.17, 15) is 4.79 Å². The number of nitrogens with two attached hydrogens (primary N) is 1. The first-order valence-corrected chi connectivity index (χ1v) is 10.8. The summed E-state index contributed by atoms with van der Waals surface area (Å²) in [4.78, 5) is 16.1. The SMILES string of the molecule is COCCOCCCNC(=NCc1cccc(C(N)=O)c1)Nc1ccc(OC(C)C)cc1.I. The highest BCUT2D eigenvalue weighted by Gasteiger charge is 2.04. The molecule has 0 aliphatic rings. The summed E-state index contributed by atoms with van der Waals surface area (Å²) >= 11 is 0. The monoisotopic (exact) mass is 570 g/mol. The molecule has 0 fully saturated rings. The zero-order valence-electron chi connectivity index (χ0n) is 19.5. The van der Waals surface area contributed by atoms with Gasteiger partial charge in [0.2, 0.25) is 5.91 Å². The van der Waals surface area contributed by atoms with E-state index in [-0.39, 0.29) is 30.1 Å². The Morgan fingerprint density at radius 1 is 1.09 bits per heavy atom. The molecular formula is C24H35IN4O4. The number of rotatable bonds is 13. The van der Waals surface area contributed by atoms with E-state index in [4.69, 9.17) is 19.9 Å². The molecule has 33 heavy (non-hydrogen) atoms. The van der Waals surface area contributed by atoms with Crippen LogP contribution in [-0.2, 0) is 16.0 Å². The Balaban J connectivity index is 0.00000544. The molecule has 2 rings (SSSR count). The summed E-state index contributed by atoms with van der Waals surface area (Å²) < 4.78 is 16.2. The van der Waals surface area contributed by atoms with Crippen LogP contribution in [0.2, 0.25) is 0 Å². The van der Waals surface area contributed by atoms with E-state index >= 15 is 0 Å². The van der Waals surface area contributed by atoms with Crippen LogP contribution in [0.25, 0.3) is 0 Å². The van der Waals surface area contributed by atoms with Gasteiger partial charge in [0.15, 0.2) is 5.96 Å². The van der Waals surface area contributed by atoms with Crippen LogP contribution in [-0.4, -0.2) is 51.4 Å². The second-order valence-corrected chi connectivity index (χ2v) is 7.43. The first-order chi connectivity index (χ1) is 15.5. The van der Waals surface area contributed by atoms with Crippen molar-refractivity contribution in [3.05, 3.63) is 59.7 Å². The van der Waals surface area contributed by atoms with Crippen LogP contribution in [0.4, 0.5) is 5.69 Å². The molecule has 0 saturated heterocycles. The van der Waals surface area contributed by atoms with Crippen molar-refractivity contribution >= 4 is 41.5 Å². The Morgan fingerprint density at radius 3 is 2.52 bits per heavy atom. The Kier molecular flexibility index (Phi) is 14.1. The molecule has 0 atom stereocenters. The van der Waals surface area contributed by atoms with Crippen LogP contribution >= 0.6 is 24.0 Å². The predicted molar refractivity (Wildman–Crippen MR) is 143 cm³/mol. The number of methoxy groups -OCH3 is 1. The third kappa shape index (κ3) is 11.9. The molecule has 9 heteroatoms. The lowest BCUT2D eigenvalue weighted by Gasteiger charge is -2.14. The molecule has 0 heterocycles. The molecule has 0 unspecified atom stereocenters. The number of amides is 1. The van der Waals surface area contributed by atoms with Gasteiger partial charge >= 0.3 is 0 Å². The Morgan fingerprint density at radius 2 is 1.85 bits per heavy atom. The van der Waals surface area contributed by atoms with Gasteiger partial charge in [-0.2, -0.15) is 0 Å². The van der Waals surface area contributed by atoms with Gasteiger partial charge in [-0.05, 0) is 62.2 Å². The van der Waals surface area contributed by atoms with E-state index in [2.05, 4.69) is 15.6 Å². The molecule has 0 aromatic heterocycles. The third-order valence-electron chi connectivity index (χ3n) is 4.31. The summed E-state index contributed by atoms with van der Waals surface area (Å²) in [5.41, 5.74) is 7.62. The van der Waals surface area contributed by atoms with Crippen LogP contribution in [0.5, 0.6) is 5.75 Å². The van der Waals surface area contributed by atoms with Crippen LogP contribution in [0.15, 0.2) is 53.5 Å². The molecule has 182 valence electrons. The van der Waals surface area contributed by atoms with Gasteiger partial charge in [0, 0.05) is 31.5 Å². The zero-order valence-corrected chi connectivity index (χ0v) is 21.8. The second kappa shape index (κ2) is 16.3. The fourth-order valence-electron chi connectivity index (χ4n) is 2.78. The van der Waals surface area contributed by atoms with Crippen LogP contribution in [0.1, 0.15) is 36.2 Å². The lowest BCUT2D eigenvalue weighted by Crippen LogP contribution is -2.32. The highest BCUT2D eigenvalue weighted by atomic mass is 127. The maximum Gasteiger partial charge on any atom is 0.248 e. The highest BCUT2D eigenvalue weighted by Crippen LogP contribution is 2.17. The topological polar surface area (TPSA) is 107 Å². The molecule has 2 aromatic carbocycles. The van der Waals surface area contributed by atoms with Gasteiger partial charge in [0.25, 0.3) is 0 Å². The molecule has 0 aliphatic heterocycles. The fourth-order valence-corrected chi connectivity index (χ4v) is 2.78. The molecule has 2 aromatic rings. The van der Waals surface area contributed by atoms with Crippen molar-refractivity contribution in [2.45, 2.75) is 32.9 Å². The molecule has 0 radical (unpaired) electrons. The molecule has 0 bridgehead atoms. The van der Waals surface area contributed by atoms with Crippen LogP contribution in [0, 0.1) is 0 Å². The lowest BCUT2D eigenvalue weighted by molar-refractivity contribution is 0.0699. The first kappa shape index (κ1) is 28.7. The summed E-state index contributed by atoms with van der Waals surface area (Å²) in [6.07, 6.45) is 0.942. The molecule has 8 nitrogen and oxygen atoms in total. The number of ether oxygens (including phenoxy) is 3. The highest BCUT2D eigenvalue weighted by molar-refractivity contribution is 14.0. The van der Waals surface area contributed by atoms with E-state index in [0.29, 0.717) is 44.4 Å². The van der Waals surface area contributed by atoms with Crippen molar-refractivity contribution in [1.82, 2.24) is 5.32 Å². The summed E-state index contributed by atoms with van der Waals surface area (Å²) in [5, 5.41) is 6.63. The minimum absolute atomic E-state index is 0. The van der Waals surface area contributed by atoms with Gasteiger partial charge in [0.05, 0.1) is 25.9 Å². The molecule has 0 spiro atoms. The van der Waals surface area contributed by atoms with Gasteiger partial charge in [0.1, 0.15) is 5.75 Å². The van der Waals surface area contributed by atoms with E-state index in [1.165, 1.54) is 0 Å². The van der Waals surface area contributed by atoms with E-state index in [1.54, 1.807) is 25.3 Å². The smallest absolute Gasteiger partial charge is 0.248 e. The maximum atomic E-state index is 11.4. The lowest BCUT2D eigenvalue weighted by atomic mass is 10.1. The predicted octanol–water partition coefficient (Wildman–Crippen LogP) is 3.80. The average Bonchev–Trinajstić information content (AvgIpc) is 2.77. The number of guanidine groups is 1. The van der Waals surface area contributed by atoms with Crippen molar-refractivity contribution in [3.8, 4) is 5.75 Å². The second-order valence-electron chi connectivity index (χ2n) is 7.43. The number of anilines is 1. The Labute approximate surface area is 213 Å². The van der Waals surface area contributed by atoms with Crippen molar-refractivity contribution < 1.29 is 19.0 Å². The summed E-state index contributed by atoms with van der Waals surface area (Å²) in [6, 6.07) is 14.9. The van der Waals surface area contributed by atoms with E-state index < -0.39 is 5.91 Å². The number of benzene rings is 2. The molecule has 0 aliphatic carbocycles. The summed E-state index contributed by atoms with van der Waals surface area (Å²) in [7, 11) is 1.65. The summed E-state index contributed by atoms with van der Waals surface area (Å²) in [6.45, 7) is 6.87. The zero-order chi connectivity index (χ0) is 23.2. The van der Waals surface area contributed by atoms with Crippen molar-refractivity contribution in [2.75, 3.05) is 38.8 Å². The van der Waals surface area contributed by atoms with Gasteiger partial charge in [-0.15, -0.1) is 24.0 Å². The van der Waals surface area contributed by atoms with Crippen molar-refractivity contribution in [2.24, 2.45) is 10.7 Å². The van der Waals surface area contributed by atoms with Gasteiger partial charge in [-0.25, -0.2) is 4.99 Å². The third-order valence-corrected chi connectivity index (χ3v) is 4.31. The van der Waals surface area contributed by atoms with Crippen molar-refractivity contribution in [3.63, 3.8) is 0 Å². The maximum absolute atomic E-state index is 11.4. The minimum atomic E-state index is -0.454. The number of nitrogens with one attached hydrogen (secondary N) is 2. The molecular weight excluding hydrogens is 535 g/mol. The first-order valence-electron chi connectivity index (χ1n) is 10.8. The molecule has 1 amide bonds. The number of carbonyl (C=O) groups excluding carboxylic acids is 1. The van der Waals surface area contributed by atoms with Crippen molar-refractivity contribution in [1.29, 1.82) is 0 Å². The number of aliphatic imine (C=N–C) groups is 1. The number of halogens is 1. The van der Waals surface area contributed by atoms with Crippen LogP contribution in [0.3, 0.4) is 0 Å². The standard InChI is InChI=1S/C24H34N4O4.HI/c1-18(2)32-22-10-8-21(9-11-22)28-24(26-12-5-13-31-15-14-30-3)27-17-19-6-4-7-20(16-19)23(25)29;/h4,6-11,16,18H,5,12-15,17H2,1-3H3,(H2,25,29)(H2,26,27,28);1H. The van der Waals surface area contributed by atoms with Gasteiger partial charge in [-0.3, -0.25) is 4.79 Å². The Bertz CT molecular complexity index is 860. The van der Waals surface area contributed by atoms with Gasteiger partial charge in [-0.1, -0.05) is 12.1 Å². The largest absolute Gasteiger partial charge is 0.491 e. The number of primary amides is 1.